The number of sulfone groups is 1. The molecule has 146 valence electrons. The van der Waals surface area contributed by atoms with Crippen molar-refractivity contribution in [3.8, 4) is 0 Å². The maximum absolute atomic E-state index is 12.2. The molecule has 0 radical (unpaired) electrons. The van der Waals surface area contributed by atoms with Gasteiger partial charge in [0.05, 0.1) is 21.7 Å². The number of nitro groups is 1. The van der Waals surface area contributed by atoms with Crippen LogP contribution in [0.15, 0.2) is 35.5 Å². The molecule has 1 saturated heterocycles. The van der Waals surface area contributed by atoms with E-state index in [1.54, 1.807) is 10.7 Å². The van der Waals surface area contributed by atoms with Crippen LogP contribution >= 0.6 is 0 Å². The van der Waals surface area contributed by atoms with Crippen molar-refractivity contribution in [1.82, 2.24) is 14.7 Å². The summed E-state index contributed by atoms with van der Waals surface area (Å²) in [7, 11) is -1.70. The molecular weight excluding hydrogens is 370 g/mol. The standard InChI is InChI=1S/C17H23N5O4S/c1-19-12-14(11-18-19)13-20-6-3-7-21(9-8-20)16-5-4-15(22(23)24)10-17(16)27(2,25)26/h4-5,10-12H,3,6-9,13H2,1-2H3. The molecule has 2 heterocycles. The van der Waals surface area contributed by atoms with Gasteiger partial charge in [-0.05, 0) is 12.5 Å². The van der Waals surface area contributed by atoms with Crippen LogP contribution in [0.3, 0.4) is 0 Å². The highest BCUT2D eigenvalue weighted by molar-refractivity contribution is 7.90. The maximum atomic E-state index is 12.2. The lowest BCUT2D eigenvalue weighted by atomic mass is 10.2. The highest BCUT2D eigenvalue weighted by Gasteiger charge is 2.24. The number of non-ortho nitro benzene ring substituents is 1. The minimum absolute atomic E-state index is 0.0115. The molecule has 0 spiro atoms. The number of anilines is 1. The third kappa shape index (κ3) is 4.64. The second-order valence-electron chi connectivity index (χ2n) is 6.82. The highest BCUT2D eigenvalue weighted by Crippen LogP contribution is 2.30. The number of aromatic nitrogens is 2. The molecule has 10 heteroatoms. The van der Waals surface area contributed by atoms with Crippen LogP contribution in [0, 0.1) is 10.1 Å². The molecule has 1 fully saturated rings. The Balaban J connectivity index is 1.79. The van der Waals surface area contributed by atoms with Crippen LogP contribution in [-0.2, 0) is 23.4 Å². The van der Waals surface area contributed by atoms with Crippen LogP contribution in [0.2, 0.25) is 0 Å². The minimum atomic E-state index is -3.58. The monoisotopic (exact) mass is 393 g/mol. The molecule has 2 aromatic rings. The van der Waals surface area contributed by atoms with E-state index in [1.165, 1.54) is 6.07 Å². The third-order valence-corrected chi connectivity index (χ3v) is 5.77. The Morgan fingerprint density at radius 3 is 2.63 bits per heavy atom. The smallest absolute Gasteiger partial charge is 0.270 e. The van der Waals surface area contributed by atoms with Crippen LogP contribution in [-0.4, -0.2) is 60.5 Å². The summed E-state index contributed by atoms with van der Waals surface area (Å²) >= 11 is 0. The molecule has 27 heavy (non-hydrogen) atoms. The van der Waals surface area contributed by atoms with Gasteiger partial charge >= 0.3 is 0 Å². The summed E-state index contributed by atoms with van der Waals surface area (Å²) in [5.41, 5.74) is 1.46. The molecule has 0 saturated carbocycles. The van der Waals surface area contributed by atoms with Crippen molar-refractivity contribution in [2.24, 2.45) is 7.05 Å². The van der Waals surface area contributed by atoms with Gasteiger partial charge in [-0.15, -0.1) is 0 Å². The summed E-state index contributed by atoms with van der Waals surface area (Å²) in [5, 5.41) is 15.2. The average molecular weight is 393 g/mol. The van der Waals surface area contributed by atoms with E-state index < -0.39 is 14.8 Å². The molecule has 0 unspecified atom stereocenters. The van der Waals surface area contributed by atoms with Gasteiger partial charge in [-0.3, -0.25) is 19.7 Å². The number of nitrogens with zero attached hydrogens (tertiary/aromatic N) is 5. The van der Waals surface area contributed by atoms with Gasteiger partial charge in [-0.2, -0.15) is 5.10 Å². The Kier molecular flexibility index (Phi) is 5.47. The average Bonchev–Trinajstić information content (AvgIpc) is 2.87. The zero-order valence-corrected chi connectivity index (χ0v) is 16.2. The second-order valence-corrected chi connectivity index (χ2v) is 8.80. The fourth-order valence-electron chi connectivity index (χ4n) is 3.36. The van der Waals surface area contributed by atoms with Gasteiger partial charge in [0.1, 0.15) is 0 Å². The van der Waals surface area contributed by atoms with Gasteiger partial charge in [0.2, 0.25) is 0 Å². The van der Waals surface area contributed by atoms with Gasteiger partial charge in [-0.25, -0.2) is 8.42 Å². The van der Waals surface area contributed by atoms with Crippen molar-refractivity contribution in [3.05, 3.63) is 46.3 Å². The Morgan fingerprint density at radius 2 is 2.00 bits per heavy atom. The lowest BCUT2D eigenvalue weighted by molar-refractivity contribution is -0.385. The van der Waals surface area contributed by atoms with Crippen LogP contribution < -0.4 is 4.90 Å². The topological polar surface area (TPSA) is 102 Å². The van der Waals surface area contributed by atoms with Gasteiger partial charge in [0.25, 0.3) is 5.69 Å². The van der Waals surface area contributed by atoms with Gasteiger partial charge in [0.15, 0.2) is 9.84 Å². The third-order valence-electron chi connectivity index (χ3n) is 4.65. The summed E-state index contributed by atoms with van der Waals surface area (Å²) in [6, 6.07) is 4.07. The fourth-order valence-corrected chi connectivity index (χ4v) is 4.27. The molecule has 0 aliphatic carbocycles. The predicted molar refractivity (Wildman–Crippen MR) is 102 cm³/mol. The van der Waals surface area contributed by atoms with Crippen LogP contribution in [0.4, 0.5) is 11.4 Å². The Hall–Kier alpha value is -2.46. The Bertz CT molecular complexity index is 941. The first kappa shape index (κ1) is 19.3. The van der Waals surface area contributed by atoms with Gasteiger partial charge in [-0.1, -0.05) is 0 Å². The van der Waals surface area contributed by atoms with Crippen molar-refractivity contribution >= 4 is 21.2 Å². The molecule has 1 aromatic carbocycles. The highest BCUT2D eigenvalue weighted by atomic mass is 32.2. The maximum Gasteiger partial charge on any atom is 0.270 e. The summed E-state index contributed by atoms with van der Waals surface area (Å²) < 4.78 is 26.2. The summed E-state index contributed by atoms with van der Waals surface area (Å²) in [6.45, 7) is 3.81. The van der Waals surface area contributed by atoms with Crippen molar-refractivity contribution in [3.63, 3.8) is 0 Å². The molecule has 0 atom stereocenters. The molecule has 0 bridgehead atoms. The minimum Gasteiger partial charge on any atom is -0.369 e. The number of hydrogen-bond acceptors (Lipinski definition) is 7. The van der Waals surface area contributed by atoms with Crippen LogP contribution in [0.1, 0.15) is 12.0 Å². The first-order valence-corrected chi connectivity index (χ1v) is 10.6. The number of nitro benzene ring substituents is 1. The van der Waals surface area contributed by atoms with Crippen molar-refractivity contribution in [2.75, 3.05) is 37.3 Å². The molecule has 1 aliphatic heterocycles. The summed E-state index contributed by atoms with van der Waals surface area (Å²) in [4.78, 5) is 14.8. The van der Waals surface area contributed by atoms with E-state index in [0.717, 1.165) is 43.9 Å². The zero-order chi connectivity index (χ0) is 19.6. The SMILES string of the molecule is Cn1cc(CN2CCCN(c3ccc([N+](=O)[O-])cc3S(C)(=O)=O)CC2)cn1. The molecule has 1 aliphatic rings. The molecule has 0 N–H and O–H groups in total. The lowest BCUT2D eigenvalue weighted by Gasteiger charge is -2.25. The van der Waals surface area contributed by atoms with E-state index in [-0.39, 0.29) is 10.6 Å². The number of aryl methyl sites for hydroxylation is 1. The van der Waals surface area contributed by atoms with Crippen LogP contribution in [0.25, 0.3) is 0 Å². The zero-order valence-electron chi connectivity index (χ0n) is 15.4. The van der Waals surface area contributed by atoms with Crippen molar-refractivity contribution in [1.29, 1.82) is 0 Å². The molecule has 1 aromatic heterocycles. The molecule has 9 nitrogen and oxygen atoms in total. The second kappa shape index (κ2) is 7.65. The predicted octanol–water partition coefficient (Wildman–Crippen LogP) is 1.44. The summed E-state index contributed by atoms with van der Waals surface area (Å²) in [5.74, 6) is 0. The molecular formula is C17H23N5O4S. The van der Waals surface area contributed by atoms with E-state index in [2.05, 4.69) is 10.00 Å². The molecule has 0 amide bonds. The Labute approximate surface area is 158 Å². The number of rotatable bonds is 5. The van der Waals surface area contributed by atoms with Crippen molar-refractivity contribution < 1.29 is 13.3 Å². The quantitative estimate of drug-likeness (QED) is 0.559. The molecule has 3 rings (SSSR count). The first-order chi connectivity index (χ1) is 12.7. The number of hydrogen-bond donors (Lipinski definition) is 0. The lowest BCUT2D eigenvalue weighted by Crippen LogP contribution is -2.31. The van der Waals surface area contributed by atoms with E-state index >= 15 is 0 Å². The van der Waals surface area contributed by atoms with E-state index in [0.29, 0.717) is 18.8 Å². The van der Waals surface area contributed by atoms with Gasteiger partial charge in [0, 0.05) is 69.9 Å². The summed E-state index contributed by atoms with van der Waals surface area (Å²) in [6.07, 6.45) is 5.80. The van der Waals surface area contributed by atoms with Crippen molar-refractivity contribution in [2.45, 2.75) is 17.9 Å². The van der Waals surface area contributed by atoms with Gasteiger partial charge < -0.3 is 4.90 Å². The number of benzene rings is 1. The van der Waals surface area contributed by atoms with E-state index in [4.69, 9.17) is 0 Å². The van der Waals surface area contributed by atoms with Crippen LogP contribution in [0.5, 0.6) is 0 Å². The Morgan fingerprint density at radius 1 is 1.22 bits per heavy atom. The first-order valence-electron chi connectivity index (χ1n) is 8.67. The normalized spacial score (nSPS) is 16.3. The fraction of sp³-hybridized carbons (Fsp3) is 0.471. The van der Waals surface area contributed by atoms with E-state index in [9.17, 15) is 18.5 Å². The largest absolute Gasteiger partial charge is 0.369 e. The van der Waals surface area contributed by atoms with E-state index in [1.807, 2.05) is 24.3 Å².